The van der Waals surface area contributed by atoms with Gasteiger partial charge in [0.1, 0.15) is 24.1 Å². The Morgan fingerprint density at radius 2 is 1.97 bits per heavy atom. The van der Waals surface area contributed by atoms with Crippen molar-refractivity contribution in [3.63, 3.8) is 0 Å². The summed E-state index contributed by atoms with van der Waals surface area (Å²) in [6, 6.07) is 13.5. The second kappa shape index (κ2) is 9.45. The fraction of sp³-hybridized carbons (Fsp3) is 0.435. The van der Waals surface area contributed by atoms with Crippen LogP contribution < -0.4 is 4.74 Å². The third kappa shape index (κ3) is 4.85. The second-order valence-electron chi connectivity index (χ2n) is 7.72. The third-order valence-electron chi connectivity index (χ3n) is 5.53. The minimum atomic E-state index is -1.14. The van der Waals surface area contributed by atoms with Crippen LogP contribution in [0.3, 0.4) is 0 Å². The van der Waals surface area contributed by atoms with Crippen molar-refractivity contribution in [1.29, 1.82) is 0 Å². The van der Waals surface area contributed by atoms with Crippen LogP contribution in [-0.2, 0) is 20.7 Å². The van der Waals surface area contributed by atoms with Gasteiger partial charge in [0.2, 0.25) is 0 Å². The van der Waals surface area contributed by atoms with E-state index in [4.69, 9.17) is 25.8 Å². The quantitative estimate of drug-likeness (QED) is 0.730. The molecule has 2 saturated heterocycles. The lowest BCUT2D eigenvalue weighted by Crippen LogP contribution is -2.43. The summed E-state index contributed by atoms with van der Waals surface area (Å²) >= 11 is 6.41. The fourth-order valence-corrected chi connectivity index (χ4v) is 4.02. The number of carbonyl (C=O) groups excluding carboxylic acids is 1. The highest BCUT2D eigenvalue weighted by atomic mass is 35.5. The number of halogens is 1. The molecular weight excluding hydrogens is 408 g/mol. The summed E-state index contributed by atoms with van der Waals surface area (Å²) in [6.45, 7) is 0.922. The zero-order chi connectivity index (χ0) is 21.1. The van der Waals surface area contributed by atoms with E-state index in [0.717, 1.165) is 35.5 Å². The normalized spacial score (nSPS) is 26.7. The fourth-order valence-electron chi connectivity index (χ4n) is 3.84. The average molecular weight is 433 g/mol. The molecule has 0 spiro atoms. The Morgan fingerprint density at radius 3 is 2.67 bits per heavy atom. The third-order valence-corrected chi connectivity index (χ3v) is 5.90. The van der Waals surface area contributed by atoms with Gasteiger partial charge in [0.05, 0.1) is 25.9 Å². The van der Waals surface area contributed by atoms with Crippen molar-refractivity contribution < 1.29 is 29.2 Å². The molecule has 0 unspecified atom stereocenters. The SMILES string of the molecule is O=C1[C@H](O)C[C@H](c2ccc(Cl)c(Cc3ccc(O[C@H]4CCOC4)cc3)c2)O[C@@H]1CO. The van der Waals surface area contributed by atoms with Gasteiger partial charge in [-0.05, 0) is 41.3 Å². The van der Waals surface area contributed by atoms with E-state index in [-0.39, 0.29) is 12.5 Å². The van der Waals surface area contributed by atoms with Gasteiger partial charge in [-0.2, -0.15) is 0 Å². The molecule has 0 radical (unpaired) electrons. The maximum atomic E-state index is 11.9. The van der Waals surface area contributed by atoms with E-state index in [2.05, 4.69) is 0 Å². The summed E-state index contributed by atoms with van der Waals surface area (Å²) < 4.78 is 16.9. The number of hydrogen-bond donors (Lipinski definition) is 2. The first-order valence-corrected chi connectivity index (χ1v) is 10.5. The summed E-state index contributed by atoms with van der Waals surface area (Å²) in [6.07, 6.45) is -0.818. The predicted octanol–water partition coefficient (Wildman–Crippen LogP) is 2.85. The Balaban J connectivity index is 1.46. The summed E-state index contributed by atoms with van der Waals surface area (Å²) in [5.41, 5.74) is 2.82. The summed E-state index contributed by atoms with van der Waals surface area (Å²) in [5.74, 6) is 0.341. The Hall–Kier alpha value is -1.96. The lowest BCUT2D eigenvalue weighted by Gasteiger charge is -2.31. The molecule has 0 bridgehead atoms. The minimum Gasteiger partial charge on any atom is -0.488 e. The van der Waals surface area contributed by atoms with Crippen molar-refractivity contribution in [2.24, 2.45) is 0 Å². The van der Waals surface area contributed by atoms with Crippen molar-refractivity contribution in [3.8, 4) is 5.75 Å². The van der Waals surface area contributed by atoms with Crippen LogP contribution in [0.5, 0.6) is 5.75 Å². The van der Waals surface area contributed by atoms with E-state index in [0.29, 0.717) is 18.1 Å². The van der Waals surface area contributed by atoms with E-state index in [1.165, 1.54) is 0 Å². The Labute approximate surface area is 180 Å². The molecule has 2 aromatic carbocycles. The van der Waals surface area contributed by atoms with E-state index in [1.807, 2.05) is 36.4 Å². The smallest absolute Gasteiger partial charge is 0.192 e. The Kier molecular flexibility index (Phi) is 6.71. The average Bonchev–Trinajstić information content (AvgIpc) is 3.26. The van der Waals surface area contributed by atoms with Gasteiger partial charge in [0.15, 0.2) is 5.78 Å². The number of benzene rings is 2. The molecule has 4 atom stereocenters. The number of ketones is 1. The summed E-state index contributed by atoms with van der Waals surface area (Å²) in [4.78, 5) is 11.9. The lowest BCUT2D eigenvalue weighted by atomic mass is 9.93. The number of aliphatic hydroxyl groups excluding tert-OH is 2. The number of hydrogen-bond acceptors (Lipinski definition) is 6. The van der Waals surface area contributed by atoms with Gasteiger partial charge in [-0.25, -0.2) is 0 Å². The highest BCUT2D eigenvalue weighted by molar-refractivity contribution is 6.31. The Bertz CT molecular complexity index is 878. The van der Waals surface area contributed by atoms with Gasteiger partial charge >= 0.3 is 0 Å². The molecule has 2 heterocycles. The van der Waals surface area contributed by atoms with Crippen LogP contribution in [0.4, 0.5) is 0 Å². The molecule has 2 aromatic rings. The topological polar surface area (TPSA) is 85.2 Å². The number of ether oxygens (including phenoxy) is 3. The van der Waals surface area contributed by atoms with Crippen molar-refractivity contribution >= 4 is 17.4 Å². The summed E-state index contributed by atoms with van der Waals surface area (Å²) in [5, 5.41) is 20.0. The van der Waals surface area contributed by atoms with Crippen LogP contribution in [0, 0.1) is 0 Å². The molecule has 6 nitrogen and oxygen atoms in total. The maximum absolute atomic E-state index is 11.9. The molecule has 4 rings (SSSR count). The van der Waals surface area contributed by atoms with Crippen LogP contribution in [0.1, 0.15) is 35.6 Å². The molecule has 0 aromatic heterocycles. The number of aliphatic hydroxyl groups is 2. The van der Waals surface area contributed by atoms with Gasteiger partial charge in [0.25, 0.3) is 0 Å². The number of carbonyl (C=O) groups is 1. The molecule has 2 N–H and O–H groups in total. The van der Waals surface area contributed by atoms with E-state index < -0.39 is 30.7 Å². The van der Waals surface area contributed by atoms with Gasteiger partial charge in [-0.3, -0.25) is 4.79 Å². The number of Topliss-reactive ketones (excluding diaryl/α,β-unsaturated/α-hetero) is 1. The van der Waals surface area contributed by atoms with Crippen LogP contribution in [0.2, 0.25) is 5.02 Å². The molecule has 2 fully saturated rings. The molecular formula is C23H25ClO6. The van der Waals surface area contributed by atoms with Gasteiger partial charge in [-0.15, -0.1) is 0 Å². The summed E-state index contributed by atoms with van der Waals surface area (Å²) in [7, 11) is 0. The highest BCUT2D eigenvalue weighted by Gasteiger charge is 2.36. The second-order valence-corrected chi connectivity index (χ2v) is 8.13. The zero-order valence-electron chi connectivity index (χ0n) is 16.5. The monoisotopic (exact) mass is 432 g/mol. The van der Waals surface area contributed by atoms with Crippen LogP contribution in [0.15, 0.2) is 42.5 Å². The van der Waals surface area contributed by atoms with Crippen molar-refractivity contribution in [3.05, 3.63) is 64.2 Å². The largest absolute Gasteiger partial charge is 0.488 e. The number of rotatable bonds is 6. The minimum absolute atomic E-state index is 0.113. The highest BCUT2D eigenvalue weighted by Crippen LogP contribution is 2.33. The van der Waals surface area contributed by atoms with Crippen molar-refractivity contribution in [2.45, 2.75) is 43.7 Å². The molecule has 0 aliphatic carbocycles. The van der Waals surface area contributed by atoms with E-state index in [9.17, 15) is 15.0 Å². The van der Waals surface area contributed by atoms with Gasteiger partial charge in [-0.1, -0.05) is 35.9 Å². The maximum Gasteiger partial charge on any atom is 0.192 e. The standard InChI is InChI=1S/C23H25ClO6/c24-19-6-3-15(21-11-20(26)23(27)22(12-25)30-21)10-16(19)9-14-1-4-17(5-2-14)29-18-7-8-28-13-18/h1-6,10,18,20-22,25-26H,7-9,11-13H2/t18-,20+,21+,22+/m0/s1. The lowest BCUT2D eigenvalue weighted by molar-refractivity contribution is -0.161. The first-order chi connectivity index (χ1) is 14.5. The Morgan fingerprint density at radius 1 is 1.17 bits per heavy atom. The van der Waals surface area contributed by atoms with E-state index in [1.54, 1.807) is 6.07 Å². The van der Waals surface area contributed by atoms with Crippen LogP contribution >= 0.6 is 11.6 Å². The van der Waals surface area contributed by atoms with Crippen molar-refractivity contribution in [2.75, 3.05) is 19.8 Å². The first kappa shape index (κ1) is 21.3. The zero-order valence-corrected chi connectivity index (χ0v) is 17.3. The molecule has 2 aliphatic heterocycles. The van der Waals surface area contributed by atoms with Crippen LogP contribution in [-0.4, -0.2) is 54.1 Å². The van der Waals surface area contributed by atoms with E-state index >= 15 is 0 Å². The molecule has 7 heteroatoms. The first-order valence-electron chi connectivity index (χ1n) is 10.1. The molecule has 0 amide bonds. The predicted molar refractivity (Wildman–Crippen MR) is 111 cm³/mol. The van der Waals surface area contributed by atoms with Crippen LogP contribution in [0.25, 0.3) is 0 Å². The van der Waals surface area contributed by atoms with Crippen molar-refractivity contribution in [1.82, 2.24) is 0 Å². The molecule has 160 valence electrons. The molecule has 0 saturated carbocycles. The van der Waals surface area contributed by atoms with Gasteiger partial charge in [0, 0.05) is 17.9 Å². The van der Waals surface area contributed by atoms with Gasteiger partial charge < -0.3 is 24.4 Å². The molecule has 30 heavy (non-hydrogen) atoms. The molecule has 2 aliphatic rings.